The van der Waals surface area contributed by atoms with Crippen molar-refractivity contribution in [3.8, 4) is 0 Å². The Hall–Kier alpha value is -0.570. The molecule has 1 atom stereocenters. The SMILES string of the molecule is CCNCC(C)C(=O)NC1CCCCCC1. The van der Waals surface area contributed by atoms with E-state index in [9.17, 15) is 4.79 Å². The molecule has 0 heterocycles. The van der Waals surface area contributed by atoms with Crippen LogP contribution in [0.3, 0.4) is 0 Å². The van der Waals surface area contributed by atoms with Gasteiger partial charge in [-0.2, -0.15) is 0 Å². The van der Waals surface area contributed by atoms with Crippen molar-refractivity contribution in [3.05, 3.63) is 0 Å². The van der Waals surface area contributed by atoms with Gasteiger partial charge in [0.2, 0.25) is 5.91 Å². The summed E-state index contributed by atoms with van der Waals surface area (Å²) in [5, 5.41) is 6.41. The first kappa shape index (κ1) is 13.5. The molecule has 1 aliphatic rings. The molecule has 16 heavy (non-hydrogen) atoms. The molecule has 0 aliphatic heterocycles. The van der Waals surface area contributed by atoms with Gasteiger partial charge < -0.3 is 10.6 Å². The maximum absolute atomic E-state index is 11.9. The third-order valence-electron chi connectivity index (χ3n) is 3.35. The summed E-state index contributed by atoms with van der Waals surface area (Å²) in [6.07, 6.45) is 7.54. The van der Waals surface area contributed by atoms with E-state index in [0.29, 0.717) is 6.04 Å². The van der Waals surface area contributed by atoms with Gasteiger partial charge in [0.1, 0.15) is 0 Å². The Morgan fingerprint density at radius 1 is 1.25 bits per heavy atom. The Balaban J connectivity index is 2.25. The maximum atomic E-state index is 11.9. The molecule has 0 saturated heterocycles. The summed E-state index contributed by atoms with van der Waals surface area (Å²) in [4.78, 5) is 11.9. The lowest BCUT2D eigenvalue weighted by atomic mass is 10.1. The van der Waals surface area contributed by atoms with Gasteiger partial charge in [-0.05, 0) is 19.4 Å². The van der Waals surface area contributed by atoms with Crippen LogP contribution in [0.25, 0.3) is 0 Å². The van der Waals surface area contributed by atoms with Crippen molar-refractivity contribution in [2.75, 3.05) is 13.1 Å². The molecule has 1 amide bonds. The van der Waals surface area contributed by atoms with Crippen LogP contribution in [0.1, 0.15) is 52.4 Å². The Kier molecular flexibility index (Phi) is 6.46. The number of carbonyl (C=O) groups excluding carboxylic acids is 1. The number of carbonyl (C=O) groups is 1. The third kappa shape index (κ3) is 4.97. The molecule has 0 aromatic carbocycles. The monoisotopic (exact) mass is 226 g/mol. The van der Waals surface area contributed by atoms with Crippen molar-refractivity contribution in [2.24, 2.45) is 5.92 Å². The Bertz CT molecular complexity index is 198. The van der Waals surface area contributed by atoms with E-state index in [1.54, 1.807) is 0 Å². The fourth-order valence-electron chi connectivity index (χ4n) is 2.22. The fraction of sp³-hybridized carbons (Fsp3) is 0.923. The standard InChI is InChI=1S/C13H26N2O/c1-3-14-10-11(2)13(16)15-12-8-6-4-5-7-9-12/h11-12,14H,3-10H2,1-2H3,(H,15,16). The highest BCUT2D eigenvalue weighted by molar-refractivity contribution is 5.78. The lowest BCUT2D eigenvalue weighted by Crippen LogP contribution is -2.40. The van der Waals surface area contributed by atoms with Gasteiger partial charge >= 0.3 is 0 Å². The summed E-state index contributed by atoms with van der Waals surface area (Å²) < 4.78 is 0. The van der Waals surface area contributed by atoms with Crippen LogP contribution < -0.4 is 10.6 Å². The van der Waals surface area contributed by atoms with Gasteiger partial charge in [-0.3, -0.25) is 4.79 Å². The summed E-state index contributed by atoms with van der Waals surface area (Å²) in [5.74, 6) is 0.302. The van der Waals surface area contributed by atoms with Gasteiger partial charge in [0.25, 0.3) is 0 Å². The molecule has 0 spiro atoms. The van der Waals surface area contributed by atoms with Gasteiger partial charge in [-0.25, -0.2) is 0 Å². The number of rotatable bonds is 5. The number of hydrogen-bond donors (Lipinski definition) is 2. The summed E-state index contributed by atoms with van der Waals surface area (Å²) in [6, 6.07) is 0.430. The minimum Gasteiger partial charge on any atom is -0.353 e. The molecule has 1 unspecified atom stereocenters. The molecule has 1 aliphatic carbocycles. The van der Waals surface area contributed by atoms with Crippen molar-refractivity contribution >= 4 is 5.91 Å². The molecular formula is C13H26N2O. The van der Waals surface area contributed by atoms with E-state index in [-0.39, 0.29) is 11.8 Å². The van der Waals surface area contributed by atoms with Gasteiger partial charge in [-0.1, -0.05) is 39.5 Å². The predicted molar refractivity (Wildman–Crippen MR) is 67.3 cm³/mol. The molecule has 2 N–H and O–H groups in total. The highest BCUT2D eigenvalue weighted by atomic mass is 16.1. The quantitative estimate of drug-likeness (QED) is 0.705. The molecule has 0 aromatic rings. The highest BCUT2D eigenvalue weighted by Gasteiger charge is 2.18. The van der Waals surface area contributed by atoms with Crippen LogP contribution in [0, 0.1) is 5.92 Å². The second-order valence-corrected chi connectivity index (χ2v) is 4.91. The Labute approximate surface area is 99.4 Å². The molecule has 0 aromatic heterocycles. The third-order valence-corrected chi connectivity index (χ3v) is 3.35. The van der Waals surface area contributed by atoms with Crippen molar-refractivity contribution in [1.29, 1.82) is 0 Å². The van der Waals surface area contributed by atoms with Gasteiger partial charge in [0.15, 0.2) is 0 Å². The highest BCUT2D eigenvalue weighted by Crippen LogP contribution is 2.17. The van der Waals surface area contributed by atoms with Gasteiger partial charge in [-0.15, -0.1) is 0 Å². The fourth-order valence-corrected chi connectivity index (χ4v) is 2.22. The summed E-state index contributed by atoms with van der Waals surface area (Å²) in [6.45, 7) is 5.78. The zero-order valence-electron chi connectivity index (χ0n) is 10.7. The molecule has 1 rings (SSSR count). The smallest absolute Gasteiger partial charge is 0.224 e. The first-order chi connectivity index (χ1) is 7.74. The van der Waals surface area contributed by atoms with Crippen LogP contribution >= 0.6 is 0 Å². The van der Waals surface area contributed by atoms with Crippen molar-refractivity contribution < 1.29 is 4.79 Å². The first-order valence-corrected chi connectivity index (χ1v) is 6.75. The van der Waals surface area contributed by atoms with Crippen LogP contribution in [-0.4, -0.2) is 25.0 Å². The number of nitrogens with one attached hydrogen (secondary N) is 2. The number of hydrogen-bond acceptors (Lipinski definition) is 2. The molecule has 0 bridgehead atoms. The van der Waals surface area contributed by atoms with Crippen LogP contribution in [0.15, 0.2) is 0 Å². The van der Waals surface area contributed by atoms with E-state index in [1.165, 1.54) is 38.5 Å². The van der Waals surface area contributed by atoms with E-state index in [4.69, 9.17) is 0 Å². The normalized spacial score (nSPS) is 20.1. The molecular weight excluding hydrogens is 200 g/mol. The second kappa shape index (κ2) is 7.66. The van der Waals surface area contributed by atoms with Crippen molar-refractivity contribution in [3.63, 3.8) is 0 Å². The first-order valence-electron chi connectivity index (χ1n) is 6.75. The number of amides is 1. The zero-order chi connectivity index (χ0) is 11.8. The predicted octanol–water partition coefficient (Wildman–Crippen LogP) is 2.07. The lowest BCUT2D eigenvalue weighted by molar-refractivity contribution is -0.125. The van der Waals surface area contributed by atoms with Crippen molar-refractivity contribution in [1.82, 2.24) is 10.6 Å². The van der Waals surface area contributed by atoms with E-state index in [0.717, 1.165) is 13.1 Å². The van der Waals surface area contributed by atoms with Crippen LogP contribution in [0.4, 0.5) is 0 Å². The summed E-state index contributed by atoms with van der Waals surface area (Å²) in [5.41, 5.74) is 0. The molecule has 3 nitrogen and oxygen atoms in total. The summed E-state index contributed by atoms with van der Waals surface area (Å²) in [7, 11) is 0. The topological polar surface area (TPSA) is 41.1 Å². The molecule has 0 radical (unpaired) electrons. The van der Waals surface area contributed by atoms with Crippen LogP contribution in [-0.2, 0) is 4.79 Å². The summed E-state index contributed by atoms with van der Waals surface area (Å²) >= 11 is 0. The average molecular weight is 226 g/mol. The van der Waals surface area contributed by atoms with Crippen molar-refractivity contribution in [2.45, 2.75) is 58.4 Å². The lowest BCUT2D eigenvalue weighted by Gasteiger charge is -2.19. The zero-order valence-corrected chi connectivity index (χ0v) is 10.7. The minimum absolute atomic E-state index is 0.0863. The molecule has 3 heteroatoms. The van der Waals surface area contributed by atoms with Crippen LogP contribution in [0.5, 0.6) is 0 Å². The van der Waals surface area contributed by atoms with E-state index in [2.05, 4.69) is 17.6 Å². The van der Waals surface area contributed by atoms with E-state index >= 15 is 0 Å². The van der Waals surface area contributed by atoms with E-state index in [1.807, 2.05) is 6.92 Å². The van der Waals surface area contributed by atoms with Gasteiger partial charge in [0.05, 0.1) is 0 Å². The second-order valence-electron chi connectivity index (χ2n) is 4.91. The minimum atomic E-state index is 0.0863. The molecule has 94 valence electrons. The average Bonchev–Trinajstić information content (AvgIpc) is 2.54. The maximum Gasteiger partial charge on any atom is 0.224 e. The molecule has 1 saturated carbocycles. The molecule has 1 fully saturated rings. The van der Waals surface area contributed by atoms with Gasteiger partial charge in [0, 0.05) is 18.5 Å². The Morgan fingerprint density at radius 3 is 2.44 bits per heavy atom. The van der Waals surface area contributed by atoms with E-state index < -0.39 is 0 Å². The largest absolute Gasteiger partial charge is 0.353 e. The van der Waals surface area contributed by atoms with Crippen LogP contribution in [0.2, 0.25) is 0 Å². The Morgan fingerprint density at radius 2 is 1.88 bits per heavy atom.